The van der Waals surface area contributed by atoms with Gasteiger partial charge in [-0.3, -0.25) is 4.79 Å². The summed E-state index contributed by atoms with van der Waals surface area (Å²) in [6.45, 7) is 1.90. The topological polar surface area (TPSA) is 89.3 Å². The van der Waals surface area contributed by atoms with Gasteiger partial charge in [0.2, 0.25) is 5.91 Å². The summed E-state index contributed by atoms with van der Waals surface area (Å²) in [5.74, 6) is -0.327. The molecule has 1 aromatic carbocycles. The average Bonchev–Trinajstić information content (AvgIpc) is 2.36. The Hall–Kier alpha value is -0.820. The lowest BCUT2D eigenvalue weighted by Gasteiger charge is -2.08. The number of rotatable bonds is 7. The Morgan fingerprint density at radius 2 is 1.90 bits per heavy atom. The molecule has 0 heterocycles. The van der Waals surface area contributed by atoms with E-state index in [1.165, 1.54) is 24.3 Å². The zero-order valence-electron chi connectivity index (χ0n) is 11.7. The van der Waals surface area contributed by atoms with Crippen LogP contribution in [0, 0.1) is 0 Å². The van der Waals surface area contributed by atoms with Crippen LogP contribution >= 0.6 is 24.0 Å². The third kappa shape index (κ3) is 7.66. The number of nitrogens with two attached hydrogens (primary N) is 1. The number of hydrogen-bond acceptors (Lipinski definition) is 4. The van der Waals surface area contributed by atoms with Gasteiger partial charge in [0.1, 0.15) is 0 Å². The van der Waals surface area contributed by atoms with Crippen LogP contribution in [0.25, 0.3) is 0 Å². The van der Waals surface area contributed by atoms with Gasteiger partial charge in [0.05, 0.1) is 10.6 Å². The lowest BCUT2D eigenvalue weighted by Crippen LogP contribution is -2.30. The van der Waals surface area contributed by atoms with Crippen molar-refractivity contribution in [3.05, 3.63) is 29.3 Å². The average molecular weight is 355 g/mol. The van der Waals surface area contributed by atoms with Crippen molar-refractivity contribution in [2.45, 2.75) is 30.7 Å². The number of carbonyl (C=O) groups excluding carboxylic acids is 1. The summed E-state index contributed by atoms with van der Waals surface area (Å²) >= 11 is 5.71. The Morgan fingerprint density at radius 3 is 2.43 bits per heavy atom. The molecule has 0 fully saturated rings. The summed E-state index contributed by atoms with van der Waals surface area (Å²) in [6.07, 6.45) is 0.883. The number of benzene rings is 1. The highest BCUT2D eigenvalue weighted by atomic mass is 35.5. The molecule has 120 valence electrons. The molecule has 5 nitrogen and oxygen atoms in total. The Labute approximate surface area is 136 Å². The summed E-state index contributed by atoms with van der Waals surface area (Å²) in [4.78, 5) is 11.6. The fourth-order valence-electron chi connectivity index (χ4n) is 1.53. The van der Waals surface area contributed by atoms with E-state index in [4.69, 9.17) is 17.3 Å². The van der Waals surface area contributed by atoms with Crippen LogP contribution in [0.3, 0.4) is 0 Å². The van der Waals surface area contributed by atoms with E-state index in [9.17, 15) is 13.2 Å². The second-order valence-electron chi connectivity index (χ2n) is 4.64. The minimum atomic E-state index is -3.40. The summed E-state index contributed by atoms with van der Waals surface area (Å²) in [7, 11) is -3.40. The second-order valence-corrected chi connectivity index (χ2v) is 7.18. The van der Waals surface area contributed by atoms with Gasteiger partial charge in [0.15, 0.2) is 9.84 Å². The smallest absolute Gasteiger partial charge is 0.220 e. The van der Waals surface area contributed by atoms with Crippen LogP contribution in [0.2, 0.25) is 5.02 Å². The van der Waals surface area contributed by atoms with Gasteiger partial charge in [-0.1, -0.05) is 11.6 Å². The number of hydrogen-bond donors (Lipinski definition) is 2. The molecule has 0 aliphatic heterocycles. The first-order valence-corrected chi connectivity index (χ1v) is 8.35. The van der Waals surface area contributed by atoms with E-state index in [1.807, 2.05) is 6.92 Å². The third-order valence-electron chi connectivity index (χ3n) is 2.69. The van der Waals surface area contributed by atoms with Crippen molar-refractivity contribution >= 4 is 39.8 Å². The molecular weight excluding hydrogens is 335 g/mol. The molecule has 3 N–H and O–H groups in total. The maximum Gasteiger partial charge on any atom is 0.220 e. The second kappa shape index (κ2) is 9.25. The zero-order valence-corrected chi connectivity index (χ0v) is 14.1. The van der Waals surface area contributed by atoms with Crippen LogP contribution in [0.15, 0.2) is 29.2 Å². The predicted molar refractivity (Wildman–Crippen MR) is 86.6 cm³/mol. The molecule has 1 aromatic rings. The van der Waals surface area contributed by atoms with Gasteiger partial charge >= 0.3 is 0 Å². The number of carbonyl (C=O) groups is 1. The summed E-state index contributed by atoms with van der Waals surface area (Å²) in [6, 6.07) is 5.91. The van der Waals surface area contributed by atoms with E-state index >= 15 is 0 Å². The molecule has 8 heteroatoms. The van der Waals surface area contributed by atoms with Crippen LogP contribution in [-0.2, 0) is 14.6 Å². The van der Waals surface area contributed by atoms with E-state index in [0.29, 0.717) is 17.9 Å². The zero-order chi connectivity index (χ0) is 15.2. The van der Waals surface area contributed by atoms with Crippen LogP contribution < -0.4 is 11.1 Å². The number of sulfone groups is 1. The number of amides is 1. The van der Waals surface area contributed by atoms with Gasteiger partial charge in [-0.15, -0.1) is 12.4 Å². The molecule has 0 radical (unpaired) electrons. The van der Waals surface area contributed by atoms with Crippen molar-refractivity contribution < 1.29 is 13.2 Å². The molecule has 0 saturated heterocycles. The minimum absolute atomic E-state index is 0. The Kier molecular flexibility index (Phi) is 8.89. The lowest BCUT2D eigenvalue weighted by molar-refractivity contribution is -0.121. The van der Waals surface area contributed by atoms with Crippen molar-refractivity contribution in [2.24, 2.45) is 5.73 Å². The molecule has 1 rings (SSSR count). The van der Waals surface area contributed by atoms with Crippen molar-refractivity contribution in [2.75, 3.05) is 12.3 Å². The summed E-state index contributed by atoms with van der Waals surface area (Å²) in [5, 5.41) is 3.06. The predicted octanol–water partition coefficient (Wildman–Crippen LogP) is 1.78. The van der Waals surface area contributed by atoms with E-state index in [1.54, 1.807) is 0 Å². The minimum Gasteiger partial charge on any atom is -0.355 e. The molecule has 0 aliphatic carbocycles. The maximum absolute atomic E-state index is 12.0. The van der Waals surface area contributed by atoms with E-state index in [0.717, 1.165) is 0 Å². The van der Waals surface area contributed by atoms with Crippen LogP contribution in [0.5, 0.6) is 0 Å². The molecule has 0 aliphatic rings. The number of nitrogens with one attached hydrogen (secondary N) is 1. The van der Waals surface area contributed by atoms with Crippen molar-refractivity contribution in [1.29, 1.82) is 0 Å². The summed E-state index contributed by atoms with van der Waals surface area (Å²) < 4.78 is 24.0. The van der Waals surface area contributed by atoms with Crippen molar-refractivity contribution in [1.82, 2.24) is 5.32 Å². The van der Waals surface area contributed by atoms with E-state index in [-0.39, 0.29) is 41.5 Å². The lowest BCUT2D eigenvalue weighted by atomic mass is 10.2. The Bertz CT molecular complexity index is 545. The van der Waals surface area contributed by atoms with Crippen molar-refractivity contribution in [3.63, 3.8) is 0 Å². The highest BCUT2D eigenvalue weighted by Crippen LogP contribution is 2.15. The first kappa shape index (κ1) is 20.2. The van der Waals surface area contributed by atoms with Gasteiger partial charge < -0.3 is 11.1 Å². The highest BCUT2D eigenvalue weighted by Gasteiger charge is 2.14. The van der Waals surface area contributed by atoms with Crippen LogP contribution in [-0.4, -0.2) is 32.7 Å². The third-order valence-corrected chi connectivity index (χ3v) is 4.68. The first-order valence-electron chi connectivity index (χ1n) is 6.32. The molecule has 1 amide bonds. The Morgan fingerprint density at radius 1 is 1.33 bits per heavy atom. The molecule has 0 aromatic heterocycles. The first-order chi connectivity index (χ1) is 9.31. The van der Waals surface area contributed by atoms with Gasteiger partial charge in [0.25, 0.3) is 0 Å². The van der Waals surface area contributed by atoms with E-state index in [2.05, 4.69) is 5.32 Å². The number of halogens is 2. The maximum atomic E-state index is 12.0. The van der Waals surface area contributed by atoms with Crippen molar-refractivity contribution in [3.8, 4) is 0 Å². The van der Waals surface area contributed by atoms with Crippen LogP contribution in [0.4, 0.5) is 0 Å². The van der Waals surface area contributed by atoms with Gasteiger partial charge in [0, 0.05) is 24.0 Å². The molecular formula is C13H20Cl2N2O3S. The quantitative estimate of drug-likeness (QED) is 0.780. The standard InChI is InChI=1S/C13H19ClN2O3S.ClH/c1-10(15)2-7-13(17)16-8-9-20(18,19)12-5-3-11(14)4-6-12;/h3-6,10H,2,7-9,15H2,1H3,(H,16,17);1H. The monoisotopic (exact) mass is 354 g/mol. The molecule has 1 atom stereocenters. The molecule has 0 spiro atoms. The summed E-state index contributed by atoms with van der Waals surface area (Å²) in [5.41, 5.74) is 5.54. The molecule has 0 saturated carbocycles. The van der Waals surface area contributed by atoms with Gasteiger partial charge in [-0.05, 0) is 37.6 Å². The fourth-order valence-corrected chi connectivity index (χ4v) is 2.81. The largest absolute Gasteiger partial charge is 0.355 e. The molecule has 21 heavy (non-hydrogen) atoms. The normalized spacial score (nSPS) is 12.3. The van der Waals surface area contributed by atoms with E-state index < -0.39 is 9.84 Å². The molecule has 0 bridgehead atoms. The SMILES string of the molecule is CC(N)CCC(=O)NCCS(=O)(=O)c1ccc(Cl)cc1.Cl. The van der Waals surface area contributed by atoms with Gasteiger partial charge in [-0.25, -0.2) is 8.42 Å². The Balaban J connectivity index is 0.00000400. The molecule has 1 unspecified atom stereocenters. The van der Waals surface area contributed by atoms with Crippen LogP contribution in [0.1, 0.15) is 19.8 Å². The fraction of sp³-hybridized carbons (Fsp3) is 0.462. The van der Waals surface area contributed by atoms with Gasteiger partial charge in [-0.2, -0.15) is 0 Å². The highest BCUT2D eigenvalue weighted by molar-refractivity contribution is 7.91.